The highest BCUT2D eigenvalue weighted by Crippen LogP contribution is 2.18. The van der Waals surface area contributed by atoms with E-state index in [0.717, 1.165) is 23.8 Å². The molecule has 5 heteroatoms. The number of thioether (sulfide) groups is 1. The predicted octanol–water partition coefficient (Wildman–Crippen LogP) is 2.03. The first-order valence-electron chi connectivity index (χ1n) is 6.06. The molecule has 1 rings (SSSR count). The SMILES string of the molecule is CC(C)NC(C)(CO)CCCSc1ncc[nH]1. The molecule has 0 bridgehead atoms. The average Bonchev–Trinajstić information content (AvgIpc) is 2.76. The Balaban J connectivity index is 2.23. The van der Waals surface area contributed by atoms with Gasteiger partial charge in [0.25, 0.3) is 0 Å². The molecule has 0 saturated heterocycles. The van der Waals surface area contributed by atoms with Gasteiger partial charge in [0.2, 0.25) is 0 Å². The van der Waals surface area contributed by atoms with Crippen molar-refractivity contribution < 1.29 is 5.11 Å². The number of aromatic nitrogens is 2. The Kier molecular flexibility index (Phi) is 6.02. The lowest BCUT2D eigenvalue weighted by Crippen LogP contribution is -2.49. The molecular formula is C12H23N3OS. The van der Waals surface area contributed by atoms with Crippen molar-refractivity contribution in [2.24, 2.45) is 0 Å². The van der Waals surface area contributed by atoms with Gasteiger partial charge < -0.3 is 15.4 Å². The van der Waals surface area contributed by atoms with Crippen molar-refractivity contribution in [1.29, 1.82) is 0 Å². The lowest BCUT2D eigenvalue weighted by atomic mass is 9.96. The monoisotopic (exact) mass is 257 g/mol. The Hall–Kier alpha value is -0.520. The van der Waals surface area contributed by atoms with Crippen molar-refractivity contribution in [1.82, 2.24) is 15.3 Å². The molecule has 0 aliphatic carbocycles. The number of hydrogen-bond acceptors (Lipinski definition) is 4. The Labute approximate surface area is 108 Å². The first-order chi connectivity index (χ1) is 8.06. The topological polar surface area (TPSA) is 60.9 Å². The summed E-state index contributed by atoms with van der Waals surface area (Å²) in [6, 6.07) is 0.393. The third kappa shape index (κ3) is 5.57. The van der Waals surface area contributed by atoms with Crippen LogP contribution in [-0.4, -0.2) is 39.0 Å². The maximum Gasteiger partial charge on any atom is 0.165 e. The number of aliphatic hydroxyl groups excluding tert-OH is 1. The molecule has 4 nitrogen and oxygen atoms in total. The van der Waals surface area contributed by atoms with Gasteiger partial charge in [-0.1, -0.05) is 25.6 Å². The Morgan fingerprint density at radius 1 is 1.59 bits per heavy atom. The maximum atomic E-state index is 9.43. The predicted molar refractivity (Wildman–Crippen MR) is 72.3 cm³/mol. The lowest BCUT2D eigenvalue weighted by Gasteiger charge is -2.31. The third-order valence-corrected chi connectivity index (χ3v) is 3.56. The van der Waals surface area contributed by atoms with Crippen LogP contribution in [0, 0.1) is 0 Å². The molecule has 1 aromatic heterocycles. The van der Waals surface area contributed by atoms with Crippen molar-refractivity contribution in [3.8, 4) is 0 Å². The van der Waals surface area contributed by atoms with Crippen molar-refractivity contribution >= 4 is 11.8 Å². The molecule has 3 N–H and O–H groups in total. The molecule has 0 amide bonds. The summed E-state index contributed by atoms with van der Waals surface area (Å²) in [4.78, 5) is 7.23. The second-order valence-corrected chi connectivity index (χ2v) is 5.95. The highest BCUT2D eigenvalue weighted by Gasteiger charge is 2.22. The van der Waals surface area contributed by atoms with Gasteiger partial charge >= 0.3 is 0 Å². The summed E-state index contributed by atoms with van der Waals surface area (Å²) in [6.07, 6.45) is 5.62. The van der Waals surface area contributed by atoms with Crippen LogP contribution in [-0.2, 0) is 0 Å². The highest BCUT2D eigenvalue weighted by molar-refractivity contribution is 7.99. The van der Waals surface area contributed by atoms with Gasteiger partial charge in [0.05, 0.1) is 6.61 Å². The summed E-state index contributed by atoms with van der Waals surface area (Å²) in [5.74, 6) is 1.02. The van der Waals surface area contributed by atoms with Gasteiger partial charge in [0.15, 0.2) is 5.16 Å². The number of nitrogens with zero attached hydrogens (tertiary/aromatic N) is 1. The lowest BCUT2D eigenvalue weighted by molar-refractivity contribution is 0.156. The Morgan fingerprint density at radius 3 is 2.88 bits per heavy atom. The number of aliphatic hydroxyl groups is 1. The maximum absolute atomic E-state index is 9.43. The van der Waals surface area contributed by atoms with Crippen molar-refractivity contribution in [3.63, 3.8) is 0 Å². The van der Waals surface area contributed by atoms with Gasteiger partial charge in [-0.05, 0) is 19.8 Å². The van der Waals surface area contributed by atoms with E-state index >= 15 is 0 Å². The summed E-state index contributed by atoms with van der Waals surface area (Å²) in [5.41, 5.74) is -0.169. The molecule has 1 atom stereocenters. The zero-order valence-electron chi connectivity index (χ0n) is 10.9. The molecule has 0 fully saturated rings. The van der Waals surface area contributed by atoms with Crippen LogP contribution >= 0.6 is 11.8 Å². The van der Waals surface area contributed by atoms with Crippen LogP contribution in [0.15, 0.2) is 17.6 Å². The van der Waals surface area contributed by atoms with Crippen LogP contribution in [0.1, 0.15) is 33.6 Å². The van der Waals surface area contributed by atoms with Crippen molar-refractivity contribution in [2.75, 3.05) is 12.4 Å². The highest BCUT2D eigenvalue weighted by atomic mass is 32.2. The van der Waals surface area contributed by atoms with Crippen LogP contribution in [0.5, 0.6) is 0 Å². The van der Waals surface area contributed by atoms with E-state index in [9.17, 15) is 5.11 Å². The van der Waals surface area contributed by atoms with Crippen molar-refractivity contribution in [2.45, 2.75) is 50.4 Å². The van der Waals surface area contributed by atoms with Crippen LogP contribution < -0.4 is 5.32 Å². The van der Waals surface area contributed by atoms with E-state index in [0.29, 0.717) is 6.04 Å². The molecule has 17 heavy (non-hydrogen) atoms. The van der Waals surface area contributed by atoms with E-state index in [1.807, 2.05) is 6.20 Å². The number of H-pyrrole nitrogens is 1. The van der Waals surface area contributed by atoms with E-state index in [2.05, 4.69) is 36.1 Å². The normalized spacial score (nSPS) is 15.1. The summed E-state index contributed by atoms with van der Waals surface area (Å²) in [6.45, 7) is 6.46. The third-order valence-electron chi connectivity index (χ3n) is 2.57. The fraction of sp³-hybridized carbons (Fsp3) is 0.750. The van der Waals surface area contributed by atoms with Crippen LogP contribution in [0.25, 0.3) is 0 Å². The average molecular weight is 257 g/mol. The molecule has 0 aliphatic rings. The van der Waals surface area contributed by atoms with Gasteiger partial charge in [-0.15, -0.1) is 0 Å². The summed E-state index contributed by atoms with van der Waals surface area (Å²) >= 11 is 1.72. The zero-order valence-corrected chi connectivity index (χ0v) is 11.7. The van der Waals surface area contributed by atoms with Crippen LogP contribution in [0.4, 0.5) is 0 Å². The molecule has 0 aromatic carbocycles. The number of imidazole rings is 1. The Bertz CT molecular complexity index is 303. The minimum absolute atomic E-state index is 0.169. The minimum atomic E-state index is -0.169. The first-order valence-corrected chi connectivity index (χ1v) is 7.05. The second-order valence-electron chi connectivity index (χ2n) is 4.86. The fourth-order valence-corrected chi connectivity index (χ4v) is 2.62. The fourth-order valence-electron chi connectivity index (χ4n) is 1.85. The van der Waals surface area contributed by atoms with Gasteiger partial charge in [-0.3, -0.25) is 0 Å². The summed E-state index contributed by atoms with van der Waals surface area (Å²) < 4.78 is 0. The zero-order chi connectivity index (χ0) is 12.7. The first kappa shape index (κ1) is 14.5. The van der Waals surface area contributed by atoms with Crippen LogP contribution in [0.2, 0.25) is 0 Å². The standard InChI is InChI=1S/C12H23N3OS/c1-10(2)15-12(3,9-16)5-4-8-17-11-13-6-7-14-11/h6-7,10,15-16H,4-5,8-9H2,1-3H3,(H,13,14). The summed E-state index contributed by atoms with van der Waals surface area (Å²) in [5, 5.41) is 13.8. The van der Waals surface area contributed by atoms with E-state index < -0.39 is 0 Å². The van der Waals surface area contributed by atoms with Crippen molar-refractivity contribution in [3.05, 3.63) is 12.4 Å². The van der Waals surface area contributed by atoms with E-state index in [1.165, 1.54) is 0 Å². The van der Waals surface area contributed by atoms with Gasteiger partial charge in [0.1, 0.15) is 0 Å². The molecule has 98 valence electrons. The smallest absolute Gasteiger partial charge is 0.165 e. The van der Waals surface area contributed by atoms with E-state index in [1.54, 1.807) is 18.0 Å². The van der Waals surface area contributed by atoms with E-state index in [4.69, 9.17) is 0 Å². The molecule has 0 spiro atoms. The largest absolute Gasteiger partial charge is 0.394 e. The van der Waals surface area contributed by atoms with Gasteiger partial charge in [-0.2, -0.15) is 0 Å². The van der Waals surface area contributed by atoms with Gasteiger partial charge in [-0.25, -0.2) is 4.98 Å². The second kappa shape index (κ2) is 7.03. The van der Waals surface area contributed by atoms with Crippen LogP contribution in [0.3, 0.4) is 0 Å². The number of nitrogens with one attached hydrogen (secondary N) is 2. The minimum Gasteiger partial charge on any atom is -0.394 e. The van der Waals surface area contributed by atoms with Gasteiger partial charge in [0, 0.05) is 29.7 Å². The molecule has 1 aromatic rings. The molecule has 0 saturated carbocycles. The number of rotatable bonds is 8. The number of aromatic amines is 1. The quantitative estimate of drug-likeness (QED) is 0.492. The molecule has 0 aliphatic heterocycles. The molecule has 0 radical (unpaired) electrons. The Morgan fingerprint density at radius 2 is 2.35 bits per heavy atom. The molecular weight excluding hydrogens is 234 g/mol. The number of hydrogen-bond donors (Lipinski definition) is 3. The molecule has 1 heterocycles. The summed E-state index contributed by atoms with van der Waals surface area (Å²) in [7, 11) is 0. The van der Waals surface area contributed by atoms with E-state index in [-0.39, 0.29) is 12.1 Å². The molecule has 1 unspecified atom stereocenters.